The first-order valence-corrected chi connectivity index (χ1v) is 13.3. The Morgan fingerprint density at radius 3 is 2.33 bits per heavy atom. The van der Waals surface area contributed by atoms with Crippen LogP contribution in [0.3, 0.4) is 0 Å². The van der Waals surface area contributed by atoms with E-state index in [4.69, 9.17) is 10.2 Å². The summed E-state index contributed by atoms with van der Waals surface area (Å²) in [5.41, 5.74) is 0.167. The number of aryl methyl sites for hydroxylation is 1. The summed E-state index contributed by atoms with van der Waals surface area (Å²) in [6.45, 7) is 5.91. The topological polar surface area (TPSA) is 140 Å². The first-order chi connectivity index (χ1) is 18.5. The lowest BCUT2D eigenvalue weighted by atomic mass is 10.1. The number of carboxylic acids is 2. The van der Waals surface area contributed by atoms with Crippen molar-refractivity contribution in [2.45, 2.75) is 43.9 Å². The maximum atomic E-state index is 13.3. The van der Waals surface area contributed by atoms with E-state index in [0.29, 0.717) is 48.2 Å². The molecule has 0 bridgehead atoms. The number of pyridine rings is 1. The molecule has 1 aliphatic rings. The van der Waals surface area contributed by atoms with E-state index < -0.39 is 23.8 Å². The van der Waals surface area contributed by atoms with Crippen LogP contribution in [-0.4, -0.2) is 80.5 Å². The first kappa shape index (κ1) is 31.8. The number of unbranched alkanes of at least 4 members (excludes halogenated alkanes) is 1. The monoisotopic (exact) mass is 571 g/mol. The summed E-state index contributed by atoms with van der Waals surface area (Å²) in [6.07, 6.45) is 1.42. The summed E-state index contributed by atoms with van der Waals surface area (Å²) in [6, 6.07) is 4.37. The zero-order chi connectivity index (χ0) is 28.8. The summed E-state index contributed by atoms with van der Waals surface area (Å²) in [7, 11) is 0. The van der Waals surface area contributed by atoms with Crippen LogP contribution in [0, 0.1) is 0 Å². The lowest BCUT2D eigenvalue weighted by molar-refractivity contribution is -0.141. The van der Waals surface area contributed by atoms with Crippen molar-refractivity contribution in [3.8, 4) is 0 Å². The molecule has 0 aliphatic carbocycles. The molecule has 3 heterocycles. The maximum absolute atomic E-state index is 13.3. The van der Waals surface area contributed by atoms with Crippen LogP contribution >= 0.6 is 11.8 Å². The van der Waals surface area contributed by atoms with Crippen molar-refractivity contribution in [2.24, 2.45) is 0 Å². The number of aromatic amines is 1. The number of aliphatic carboxylic acids is 2. The molecule has 2 aromatic heterocycles. The zero-order valence-corrected chi connectivity index (χ0v) is 22.3. The van der Waals surface area contributed by atoms with Crippen LogP contribution in [0.15, 0.2) is 46.5 Å². The molecule has 1 aliphatic heterocycles. The van der Waals surface area contributed by atoms with Gasteiger partial charge in [0, 0.05) is 67.7 Å². The predicted molar refractivity (Wildman–Crippen MR) is 141 cm³/mol. The van der Waals surface area contributed by atoms with Gasteiger partial charge in [0.2, 0.25) is 0 Å². The van der Waals surface area contributed by atoms with E-state index in [1.165, 1.54) is 30.1 Å². The van der Waals surface area contributed by atoms with Crippen LogP contribution in [0.4, 0.5) is 18.9 Å². The molecule has 0 spiro atoms. The zero-order valence-electron chi connectivity index (χ0n) is 21.5. The summed E-state index contributed by atoms with van der Waals surface area (Å²) in [5, 5.41) is 16.2. The fraction of sp³-hybridized carbons (Fsp3) is 0.480. The smallest absolute Gasteiger partial charge is 0.433 e. The fourth-order valence-electron chi connectivity index (χ4n) is 3.64. The average Bonchev–Trinajstić information content (AvgIpc) is 2.89. The number of carbonyl (C=O) groups is 2. The van der Waals surface area contributed by atoms with Gasteiger partial charge < -0.3 is 20.1 Å². The number of piperazine rings is 1. The number of halogens is 3. The van der Waals surface area contributed by atoms with E-state index in [9.17, 15) is 27.6 Å². The van der Waals surface area contributed by atoms with Crippen molar-refractivity contribution in [1.29, 1.82) is 0 Å². The molecule has 3 N–H and O–H groups in total. The van der Waals surface area contributed by atoms with Gasteiger partial charge in [0.1, 0.15) is 5.69 Å². The van der Waals surface area contributed by atoms with Crippen LogP contribution in [0.5, 0.6) is 0 Å². The van der Waals surface area contributed by atoms with E-state index in [1.54, 1.807) is 0 Å². The quantitative estimate of drug-likeness (QED) is 0.159. The molecule has 0 amide bonds. The van der Waals surface area contributed by atoms with Gasteiger partial charge >= 0.3 is 18.1 Å². The molecule has 14 heteroatoms. The van der Waals surface area contributed by atoms with Crippen molar-refractivity contribution in [2.75, 3.05) is 43.4 Å². The maximum Gasteiger partial charge on any atom is 0.433 e. The van der Waals surface area contributed by atoms with Gasteiger partial charge in [-0.15, -0.1) is 0 Å². The van der Waals surface area contributed by atoms with Gasteiger partial charge in [0.15, 0.2) is 5.16 Å². The number of hydrogen-bond donors (Lipinski definition) is 3. The molecule has 0 unspecified atom stereocenters. The molecular formula is C25H32F3N5O5S. The standard InChI is InChI=1S/C21H28F3N5OS.C4H4O4/c1-2-3-5-16-14-17(15-18(26-16)21(22,23)24)29-11-9-28(10-12-29)8-4-13-31-20-25-7-6-19(30)27-20;5-3(6)1-2-4(7)8/h6-7,14-15H,2-5,8-13H2,1H3,(H,25,27,30);1-2H,(H,5,6)(H,7,8). The number of thioether (sulfide) groups is 1. The third-order valence-electron chi connectivity index (χ3n) is 5.55. The van der Waals surface area contributed by atoms with E-state index in [1.807, 2.05) is 17.9 Å². The Hall–Kier alpha value is -3.39. The normalized spacial score (nSPS) is 14.2. The minimum Gasteiger partial charge on any atom is -0.478 e. The third kappa shape index (κ3) is 12.3. The minimum atomic E-state index is -4.44. The van der Waals surface area contributed by atoms with E-state index in [0.717, 1.165) is 44.6 Å². The molecule has 10 nitrogen and oxygen atoms in total. The molecular weight excluding hydrogens is 539 g/mol. The van der Waals surface area contributed by atoms with Crippen molar-refractivity contribution in [3.63, 3.8) is 0 Å². The Balaban J connectivity index is 0.000000580. The summed E-state index contributed by atoms with van der Waals surface area (Å²) < 4.78 is 39.9. The lowest BCUT2D eigenvalue weighted by Gasteiger charge is -2.36. The van der Waals surface area contributed by atoms with Crippen LogP contribution in [-0.2, 0) is 22.2 Å². The number of nitrogens with zero attached hydrogens (tertiary/aromatic N) is 4. The minimum absolute atomic E-state index is 0.156. The molecule has 39 heavy (non-hydrogen) atoms. The van der Waals surface area contributed by atoms with Crippen molar-refractivity contribution < 1.29 is 33.0 Å². The van der Waals surface area contributed by atoms with Crippen molar-refractivity contribution in [3.05, 3.63) is 58.3 Å². The number of aromatic nitrogens is 3. The highest BCUT2D eigenvalue weighted by Gasteiger charge is 2.34. The lowest BCUT2D eigenvalue weighted by Crippen LogP contribution is -2.46. The molecule has 0 saturated carbocycles. The van der Waals surface area contributed by atoms with Gasteiger partial charge in [-0.25, -0.2) is 19.6 Å². The Bertz CT molecular complexity index is 1150. The molecule has 1 fully saturated rings. The number of rotatable bonds is 11. The third-order valence-corrected chi connectivity index (χ3v) is 6.52. The number of carboxylic acid groups (broad SMARTS) is 2. The Kier molecular flexibility index (Phi) is 13.0. The van der Waals surface area contributed by atoms with E-state index in [-0.39, 0.29) is 5.56 Å². The second-order valence-electron chi connectivity index (χ2n) is 8.58. The second kappa shape index (κ2) is 15.9. The highest BCUT2D eigenvalue weighted by atomic mass is 32.2. The number of hydrogen-bond acceptors (Lipinski definition) is 8. The van der Waals surface area contributed by atoms with Crippen LogP contribution in [0.2, 0.25) is 0 Å². The SMILES string of the molecule is CCCCc1cc(N2CCN(CCCSc3nccc(=O)[nH]3)CC2)cc(C(F)(F)F)n1.O=C(O)C=CC(=O)O. The average molecular weight is 572 g/mol. The fourth-order valence-corrected chi connectivity index (χ4v) is 4.42. The number of H-pyrrole nitrogens is 1. The van der Waals surface area contributed by atoms with Gasteiger partial charge in [-0.05, 0) is 37.9 Å². The van der Waals surface area contributed by atoms with Crippen LogP contribution < -0.4 is 10.5 Å². The first-order valence-electron chi connectivity index (χ1n) is 12.4. The summed E-state index contributed by atoms with van der Waals surface area (Å²) in [5.74, 6) is -1.67. The van der Waals surface area contributed by atoms with Gasteiger partial charge in [-0.2, -0.15) is 13.2 Å². The van der Waals surface area contributed by atoms with Crippen LogP contribution in [0.1, 0.15) is 37.6 Å². The number of nitrogens with one attached hydrogen (secondary N) is 1. The summed E-state index contributed by atoms with van der Waals surface area (Å²) >= 11 is 1.52. The Morgan fingerprint density at radius 2 is 1.77 bits per heavy atom. The Morgan fingerprint density at radius 1 is 1.10 bits per heavy atom. The van der Waals surface area contributed by atoms with Crippen molar-refractivity contribution in [1.82, 2.24) is 19.9 Å². The molecule has 3 rings (SSSR count). The Labute approximate surface area is 228 Å². The van der Waals surface area contributed by atoms with E-state index in [2.05, 4.69) is 19.9 Å². The highest BCUT2D eigenvalue weighted by Crippen LogP contribution is 2.31. The molecule has 1 saturated heterocycles. The molecule has 0 radical (unpaired) electrons. The molecule has 2 aromatic rings. The van der Waals surface area contributed by atoms with Crippen molar-refractivity contribution >= 4 is 29.4 Å². The van der Waals surface area contributed by atoms with Gasteiger partial charge in [0.25, 0.3) is 5.56 Å². The van der Waals surface area contributed by atoms with Gasteiger partial charge in [0.05, 0.1) is 0 Å². The van der Waals surface area contributed by atoms with E-state index >= 15 is 0 Å². The molecule has 0 aromatic carbocycles. The second-order valence-corrected chi connectivity index (χ2v) is 9.67. The number of alkyl halides is 3. The highest BCUT2D eigenvalue weighted by molar-refractivity contribution is 7.99. The summed E-state index contributed by atoms with van der Waals surface area (Å²) in [4.78, 5) is 45.4. The van der Waals surface area contributed by atoms with Gasteiger partial charge in [-0.1, -0.05) is 25.1 Å². The van der Waals surface area contributed by atoms with Crippen LogP contribution in [0.25, 0.3) is 0 Å². The number of anilines is 1. The van der Waals surface area contributed by atoms with Gasteiger partial charge in [-0.3, -0.25) is 9.69 Å². The largest absolute Gasteiger partial charge is 0.478 e. The molecule has 214 valence electrons. The molecule has 0 atom stereocenters. The predicted octanol–water partition coefficient (Wildman–Crippen LogP) is 3.54.